The van der Waals surface area contributed by atoms with E-state index in [1.54, 1.807) is 0 Å². The molecular formula is C7H16N2O3S. The van der Waals surface area contributed by atoms with E-state index in [1.165, 1.54) is 14.2 Å². The van der Waals surface area contributed by atoms with Gasteiger partial charge >= 0.3 is 0 Å². The van der Waals surface area contributed by atoms with E-state index in [-0.39, 0.29) is 18.5 Å². The number of thiol groups is 1. The lowest BCUT2D eigenvalue weighted by Gasteiger charge is -2.22. The lowest BCUT2D eigenvalue weighted by molar-refractivity contribution is -0.121. The Morgan fingerprint density at radius 2 is 2.23 bits per heavy atom. The third-order valence-corrected chi connectivity index (χ3v) is 2.03. The van der Waals surface area contributed by atoms with Gasteiger partial charge in [-0.3, -0.25) is 4.79 Å². The highest BCUT2D eigenvalue weighted by molar-refractivity contribution is 7.80. The molecule has 0 bridgehead atoms. The van der Waals surface area contributed by atoms with Crippen LogP contribution in [0.25, 0.3) is 0 Å². The maximum Gasteiger partial charge on any atom is 0.234 e. The zero-order valence-electron chi connectivity index (χ0n) is 7.82. The lowest BCUT2D eigenvalue weighted by Crippen LogP contribution is -2.47. The van der Waals surface area contributed by atoms with Crippen LogP contribution in [0.3, 0.4) is 0 Å². The van der Waals surface area contributed by atoms with Crippen LogP contribution in [-0.4, -0.2) is 44.8 Å². The van der Waals surface area contributed by atoms with Crippen molar-refractivity contribution >= 4 is 18.5 Å². The first-order chi connectivity index (χ1) is 6.15. The third-order valence-electron chi connectivity index (χ3n) is 1.46. The molecule has 0 saturated heterocycles. The molecule has 2 atom stereocenters. The fourth-order valence-electron chi connectivity index (χ4n) is 0.805. The summed E-state index contributed by atoms with van der Waals surface area (Å²) in [7, 11) is 3.05. The minimum absolute atomic E-state index is 0.0512. The highest BCUT2D eigenvalue weighted by Gasteiger charge is 2.18. The van der Waals surface area contributed by atoms with Gasteiger partial charge in [0, 0.05) is 14.2 Å². The molecule has 0 spiro atoms. The zero-order chi connectivity index (χ0) is 10.3. The topological polar surface area (TPSA) is 73.6 Å². The van der Waals surface area contributed by atoms with Crippen LogP contribution in [0.2, 0.25) is 0 Å². The number of carbonyl (C=O) groups is 1. The van der Waals surface area contributed by atoms with Gasteiger partial charge in [0.1, 0.15) is 5.44 Å². The first kappa shape index (κ1) is 12.7. The first-order valence-electron chi connectivity index (χ1n) is 3.85. The van der Waals surface area contributed by atoms with Crippen molar-refractivity contribution in [2.45, 2.75) is 11.5 Å². The molecule has 0 saturated carbocycles. The van der Waals surface area contributed by atoms with E-state index in [1.807, 2.05) is 0 Å². The Bertz CT molecular complexity index is 157. The Balaban J connectivity index is 4.00. The zero-order valence-corrected chi connectivity index (χ0v) is 8.71. The second kappa shape index (κ2) is 7.14. The largest absolute Gasteiger partial charge is 0.382 e. The van der Waals surface area contributed by atoms with Crippen molar-refractivity contribution in [3.8, 4) is 0 Å². The molecular weight excluding hydrogens is 192 g/mol. The summed E-state index contributed by atoms with van der Waals surface area (Å²) in [5.41, 5.74) is 4.75. The smallest absolute Gasteiger partial charge is 0.234 e. The number of hydrogen-bond donors (Lipinski definition) is 3. The normalized spacial score (nSPS) is 15.1. The summed E-state index contributed by atoms with van der Waals surface area (Å²) in [6.07, 6.45) is 0. The van der Waals surface area contributed by atoms with Gasteiger partial charge in [-0.2, -0.15) is 0 Å². The van der Waals surface area contributed by atoms with Crippen LogP contribution in [-0.2, 0) is 14.3 Å². The van der Waals surface area contributed by atoms with E-state index in [2.05, 4.69) is 17.9 Å². The highest BCUT2D eigenvalue weighted by Crippen LogP contribution is 2.03. The standard InChI is InChI=1S/C7H16N2O3S/c1-11-4-5(7(13)12-2)9-6(10)3-8/h5,7,13H,3-4,8H2,1-2H3,(H,9,10). The average molecular weight is 208 g/mol. The molecule has 13 heavy (non-hydrogen) atoms. The second-order valence-corrected chi connectivity index (χ2v) is 2.97. The van der Waals surface area contributed by atoms with Crippen LogP contribution >= 0.6 is 12.6 Å². The Morgan fingerprint density at radius 1 is 1.62 bits per heavy atom. The predicted octanol–water partition coefficient (Wildman–Crippen LogP) is -1.02. The van der Waals surface area contributed by atoms with Crippen LogP contribution in [0.15, 0.2) is 0 Å². The van der Waals surface area contributed by atoms with Gasteiger partial charge in [-0.05, 0) is 0 Å². The molecule has 2 unspecified atom stereocenters. The molecule has 0 aliphatic heterocycles. The molecule has 6 heteroatoms. The number of carbonyl (C=O) groups excluding carboxylic acids is 1. The van der Waals surface area contributed by atoms with Crippen LogP contribution in [0.5, 0.6) is 0 Å². The van der Waals surface area contributed by atoms with E-state index in [4.69, 9.17) is 15.2 Å². The third kappa shape index (κ3) is 5.09. The summed E-state index contributed by atoms with van der Waals surface area (Å²) in [5, 5.41) is 2.63. The van der Waals surface area contributed by atoms with Gasteiger partial charge in [0.15, 0.2) is 0 Å². The maximum atomic E-state index is 10.9. The van der Waals surface area contributed by atoms with Crippen molar-refractivity contribution in [3.63, 3.8) is 0 Å². The molecule has 0 aromatic carbocycles. The van der Waals surface area contributed by atoms with E-state index in [0.717, 1.165) is 0 Å². The Morgan fingerprint density at radius 3 is 2.62 bits per heavy atom. The summed E-state index contributed by atoms with van der Waals surface area (Å²) < 4.78 is 9.83. The monoisotopic (exact) mass is 208 g/mol. The number of nitrogens with one attached hydrogen (secondary N) is 1. The van der Waals surface area contributed by atoms with Gasteiger partial charge in [-0.15, -0.1) is 12.6 Å². The fraction of sp³-hybridized carbons (Fsp3) is 0.857. The number of hydrogen-bond acceptors (Lipinski definition) is 5. The fourth-order valence-corrected chi connectivity index (χ4v) is 0.965. The number of amides is 1. The maximum absolute atomic E-state index is 10.9. The molecule has 0 radical (unpaired) electrons. The summed E-state index contributed by atoms with van der Waals surface area (Å²) in [5.74, 6) is -0.252. The number of nitrogens with two attached hydrogens (primary N) is 1. The van der Waals surface area contributed by atoms with Gasteiger partial charge in [0.05, 0.1) is 19.2 Å². The van der Waals surface area contributed by atoms with Crippen LogP contribution in [0.4, 0.5) is 0 Å². The molecule has 0 aromatic rings. The van der Waals surface area contributed by atoms with Gasteiger partial charge < -0.3 is 20.5 Å². The van der Waals surface area contributed by atoms with Crippen LogP contribution in [0.1, 0.15) is 0 Å². The first-order valence-corrected chi connectivity index (χ1v) is 4.36. The summed E-state index contributed by atoms with van der Waals surface area (Å²) >= 11 is 4.11. The van der Waals surface area contributed by atoms with E-state index < -0.39 is 5.44 Å². The van der Waals surface area contributed by atoms with E-state index in [0.29, 0.717) is 6.61 Å². The van der Waals surface area contributed by atoms with Gasteiger partial charge in [-0.1, -0.05) is 0 Å². The van der Waals surface area contributed by atoms with Crippen molar-refractivity contribution in [2.75, 3.05) is 27.4 Å². The molecule has 0 aromatic heterocycles. The summed E-state index contributed by atoms with van der Waals surface area (Å²) in [6, 6.07) is -0.283. The molecule has 0 aliphatic rings. The minimum atomic E-state index is -0.393. The lowest BCUT2D eigenvalue weighted by atomic mass is 10.3. The van der Waals surface area contributed by atoms with Crippen molar-refractivity contribution in [1.29, 1.82) is 0 Å². The van der Waals surface area contributed by atoms with E-state index >= 15 is 0 Å². The van der Waals surface area contributed by atoms with Gasteiger partial charge in [0.2, 0.25) is 5.91 Å². The Hall–Kier alpha value is -0.300. The van der Waals surface area contributed by atoms with E-state index in [9.17, 15) is 4.79 Å². The highest BCUT2D eigenvalue weighted by atomic mass is 32.1. The molecule has 0 fully saturated rings. The van der Waals surface area contributed by atoms with Crippen molar-refractivity contribution in [1.82, 2.24) is 5.32 Å². The number of methoxy groups -OCH3 is 2. The van der Waals surface area contributed by atoms with Gasteiger partial charge in [0.25, 0.3) is 0 Å². The van der Waals surface area contributed by atoms with Crippen LogP contribution < -0.4 is 11.1 Å². The van der Waals surface area contributed by atoms with Crippen molar-refractivity contribution in [2.24, 2.45) is 5.73 Å². The van der Waals surface area contributed by atoms with Crippen molar-refractivity contribution < 1.29 is 14.3 Å². The molecule has 1 amide bonds. The summed E-state index contributed by atoms with van der Waals surface area (Å²) in [4.78, 5) is 10.9. The molecule has 5 nitrogen and oxygen atoms in total. The minimum Gasteiger partial charge on any atom is -0.382 e. The molecule has 78 valence electrons. The quantitative estimate of drug-likeness (QED) is 0.386. The second-order valence-electron chi connectivity index (χ2n) is 2.46. The number of rotatable bonds is 6. The molecule has 0 heterocycles. The number of ether oxygens (including phenoxy) is 2. The molecule has 3 N–H and O–H groups in total. The summed E-state index contributed by atoms with van der Waals surface area (Å²) in [6.45, 7) is 0.290. The van der Waals surface area contributed by atoms with Gasteiger partial charge in [-0.25, -0.2) is 0 Å². The Labute approximate surface area is 83.4 Å². The predicted molar refractivity (Wildman–Crippen MR) is 52.6 cm³/mol. The Kier molecular flexibility index (Phi) is 6.97. The molecule has 0 aliphatic carbocycles. The molecule has 0 rings (SSSR count). The average Bonchev–Trinajstić information content (AvgIpc) is 2.15. The van der Waals surface area contributed by atoms with Crippen LogP contribution in [0, 0.1) is 0 Å². The van der Waals surface area contributed by atoms with Crippen molar-refractivity contribution in [3.05, 3.63) is 0 Å². The SMILES string of the molecule is COCC(NC(=O)CN)C(S)OC.